The standard InChI is InChI=1S/C24H21F3N6O2/c25-24(26,27)22(17-4-1-2-5-20(17)33-11-3-10-32-33)35-21-14-30-19(13-31-21)16-8-6-15(7-9-16)12-18(28)23(29)34/h1-11,13-14,18,22H,12,28H2,(H2,29,34)/t18-,22?/m0/s1. The molecule has 4 aromatic rings. The van der Waals surface area contributed by atoms with Gasteiger partial charge in [0.05, 0.1) is 29.8 Å². The lowest BCUT2D eigenvalue weighted by Crippen LogP contribution is -2.38. The van der Waals surface area contributed by atoms with Gasteiger partial charge in [0.1, 0.15) is 0 Å². The molecule has 2 aromatic heterocycles. The molecule has 2 heterocycles. The molecule has 0 spiro atoms. The highest BCUT2D eigenvalue weighted by atomic mass is 19.4. The van der Waals surface area contributed by atoms with E-state index in [1.54, 1.807) is 42.6 Å². The van der Waals surface area contributed by atoms with Crippen LogP contribution >= 0.6 is 0 Å². The average molecular weight is 482 g/mol. The van der Waals surface area contributed by atoms with Gasteiger partial charge in [0.2, 0.25) is 17.9 Å². The van der Waals surface area contributed by atoms with Crippen LogP contribution in [-0.4, -0.2) is 37.9 Å². The van der Waals surface area contributed by atoms with Crippen LogP contribution in [-0.2, 0) is 11.2 Å². The SMILES string of the molecule is NC(=O)[C@@H](N)Cc1ccc(-c2cnc(OC(c3ccccc3-n3cccn3)C(F)(F)F)cn2)cc1. The van der Waals surface area contributed by atoms with E-state index in [9.17, 15) is 18.0 Å². The van der Waals surface area contributed by atoms with E-state index in [2.05, 4.69) is 15.1 Å². The third kappa shape index (κ3) is 5.64. The summed E-state index contributed by atoms with van der Waals surface area (Å²) in [4.78, 5) is 19.4. The zero-order chi connectivity index (χ0) is 25.0. The van der Waals surface area contributed by atoms with Crippen molar-refractivity contribution in [3.8, 4) is 22.8 Å². The number of nitrogens with zero attached hydrogens (tertiary/aromatic N) is 4. The summed E-state index contributed by atoms with van der Waals surface area (Å²) in [6, 6.07) is 13.8. The number of hydrogen-bond donors (Lipinski definition) is 2. The predicted octanol–water partition coefficient (Wildman–Crippen LogP) is 3.37. The first-order chi connectivity index (χ1) is 16.7. The number of primary amides is 1. The molecule has 1 unspecified atom stereocenters. The van der Waals surface area contributed by atoms with Gasteiger partial charge in [-0.15, -0.1) is 0 Å². The maximum atomic E-state index is 14.0. The molecule has 180 valence electrons. The van der Waals surface area contributed by atoms with Crippen molar-refractivity contribution in [2.24, 2.45) is 11.5 Å². The molecule has 35 heavy (non-hydrogen) atoms. The third-order valence-electron chi connectivity index (χ3n) is 5.21. The zero-order valence-corrected chi connectivity index (χ0v) is 18.3. The van der Waals surface area contributed by atoms with Gasteiger partial charge in [-0.3, -0.25) is 4.79 Å². The number of para-hydroxylation sites is 1. The molecular weight excluding hydrogens is 461 g/mol. The highest BCUT2D eigenvalue weighted by Gasteiger charge is 2.44. The van der Waals surface area contributed by atoms with Gasteiger partial charge in [-0.1, -0.05) is 42.5 Å². The number of carbonyl (C=O) groups is 1. The van der Waals surface area contributed by atoms with Crippen molar-refractivity contribution in [2.75, 3.05) is 0 Å². The Bertz CT molecular complexity index is 1280. The molecule has 8 nitrogen and oxygen atoms in total. The first kappa shape index (κ1) is 23.9. The number of aromatic nitrogens is 4. The summed E-state index contributed by atoms with van der Waals surface area (Å²) in [5, 5.41) is 4.03. The van der Waals surface area contributed by atoms with Crippen LogP contribution in [0.1, 0.15) is 17.2 Å². The predicted molar refractivity (Wildman–Crippen MR) is 121 cm³/mol. The summed E-state index contributed by atoms with van der Waals surface area (Å²) < 4.78 is 48.6. The minimum absolute atomic E-state index is 0.112. The first-order valence-electron chi connectivity index (χ1n) is 10.5. The van der Waals surface area contributed by atoms with Crippen LogP contribution in [0.4, 0.5) is 13.2 Å². The lowest BCUT2D eigenvalue weighted by molar-refractivity contribution is -0.198. The molecule has 4 rings (SSSR count). The Labute approximate surface area is 198 Å². The second-order valence-corrected chi connectivity index (χ2v) is 7.70. The van der Waals surface area contributed by atoms with Gasteiger partial charge >= 0.3 is 6.18 Å². The Morgan fingerprint density at radius 1 is 1.03 bits per heavy atom. The molecule has 4 N–H and O–H groups in total. The van der Waals surface area contributed by atoms with E-state index < -0.39 is 24.2 Å². The van der Waals surface area contributed by atoms with E-state index in [1.165, 1.54) is 35.3 Å². The number of amides is 1. The molecule has 0 bridgehead atoms. The number of nitrogens with two attached hydrogens (primary N) is 2. The normalized spacial score (nSPS) is 13.3. The number of hydrogen-bond acceptors (Lipinski definition) is 6. The maximum Gasteiger partial charge on any atom is 0.429 e. The minimum atomic E-state index is -4.72. The van der Waals surface area contributed by atoms with Crippen LogP contribution in [0.3, 0.4) is 0 Å². The van der Waals surface area contributed by atoms with E-state index in [1.807, 2.05) is 0 Å². The highest BCUT2D eigenvalue weighted by Crippen LogP contribution is 2.38. The minimum Gasteiger partial charge on any atom is -0.459 e. The third-order valence-corrected chi connectivity index (χ3v) is 5.21. The fourth-order valence-electron chi connectivity index (χ4n) is 3.45. The summed E-state index contributed by atoms with van der Waals surface area (Å²) in [5.74, 6) is -0.879. The van der Waals surface area contributed by atoms with Crippen LogP contribution in [0.5, 0.6) is 5.88 Å². The number of halogens is 3. The number of benzene rings is 2. The Kier molecular flexibility index (Phi) is 6.78. The second-order valence-electron chi connectivity index (χ2n) is 7.70. The molecule has 0 aliphatic rings. The fourth-order valence-corrected chi connectivity index (χ4v) is 3.45. The summed E-state index contributed by atoms with van der Waals surface area (Å²) >= 11 is 0. The maximum absolute atomic E-state index is 14.0. The van der Waals surface area contributed by atoms with Crippen molar-refractivity contribution in [3.63, 3.8) is 0 Å². The molecule has 2 atom stereocenters. The highest BCUT2D eigenvalue weighted by molar-refractivity contribution is 5.79. The van der Waals surface area contributed by atoms with Gasteiger partial charge in [-0.05, 0) is 24.1 Å². The molecule has 1 amide bonds. The average Bonchev–Trinajstić information content (AvgIpc) is 3.38. The molecule has 0 fully saturated rings. The molecule has 11 heteroatoms. The lowest BCUT2D eigenvalue weighted by atomic mass is 10.0. The number of alkyl halides is 3. The van der Waals surface area contributed by atoms with E-state index in [0.717, 1.165) is 11.8 Å². The molecule has 0 radical (unpaired) electrons. The Hall–Kier alpha value is -4.25. The Balaban J connectivity index is 1.55. The van der Waals surface area contributed by atoms with Gasteiger partial charge in [0.25, 0.3) is 0 Å². The second kappa shape index (κ2) is 9.94. The van der Waals surface area contributed by atoms with Crippen LogP contribution in [0.15, 0.2) is 79.4 Å². The quantitative estimate of drug-likeness (QED) is 0.397. The van der Waals surface area contributed by atoms with Crippen molar-refractivity contribution in [2.45, 2.75) is 24.7 Å². The van der Waals surface area contributed by atoms with Gasteiger partial charge < -0.3 is 16.2 Å². The molecular formula is C24H21F3N6O2. The van der Waals surface area contributed by atoms with Gasteiger partial charge in [-0.2, -0.15) is 18.3 Å². The summed E-state index contributed by atoms with van der Waals surface area (Å²) in [7, 11) is 0. The number of ether oxygens (including phenoxy) is 1. The lowest BCUT2D eigenvalue weighted by Gasteiger charge is -2.23. The van der Waals surface area contributed by atoms with E-state index >= 15 is 0 Å². The molecule has 0 saturated carbocycles. The van der Waals surface area contributed by atoms with Crippen molar-refractivity contribution >= 4 is 5.91 Å². The van der Waals surface area contributed by atoms with Crippen molar-refractivity contribution in [1.29, 1.82) is 0 Å². The van der Waals surface area contributed by atoms with Crippen LogP contribution in [0.25, 0.3) is 16.9 Å². The van der Waals surface area contributed by atoms with Gasteiger partial charge in [0.15, 0.2) is 0 Å². The molecule has 2 aromatic carbocycles. The molecule has 0 aliphatic carbocycles. The van der Waals surface area contributed by atoms with Gasteiger partial charge in [0, 0.05) is 23.5 Å². The fraction of sp³-hybridized carbons (Fsp3) is 0.167. The van der Waals surface area contributed by atoms with Crippen molar-refractivity contribution in [3.05, 3.63) is 90.5 Å². The smallest absolute Gasteiger partial charge is 0.429 e. The monoisotopic (exact) mass is 482 g/mol. The van der Waals surface area contributed by atoms with Crippen LogP contribution in [0.2, 0.25) is 0 Å². The molecule has 0 aliphatic heterocycles. The summed E-state index contributed by atoms with van der Waals surface area (Å²) in [5.41, 5.74) is 12.9. The zero-order valence-electron chi connectivity index (χ0n) is 18.3. The Morgan fingerprint density at radius 3 is 2.37 bits per heavy atom. The van der Waals surface area contributed by atoms with E-state index in [0.29, 0.717) is 11.3 Å². The van der Waals surface area contributed by atoms with Crippen LogP contribution in [0, 0.1) is 0 Å². The summed E-state index contributed by atoms with van der Waals surface area (Å²) in [6.07, 6.45) is -1.22. The van der Waals surface area contributed by atoms with Crippen molar-refractivity contribution < 1.29 is 22.7 Å². The van der Waals surface area contributed by atoms with E-state index in [4.69, 9.17) is 16.2 Å². The number of rotatable bonds is 8. The van der Waals surface area contributed by atoms with Crippen molar-refractivity contribution in [1.82, 2.24) is 19.7 Å². The topological polar surface area (TPSA) is 122 Å². The first-order valence-corrected chi connectivity index (χ1v) is 10.5. The van der Waals surface area contributed by atoms with Gasteiger partial charge in [-0.25, -0.2) is 14.6 Å². The Morgan fingerprint density at radius 2 is 1.77 bits per heavy atom. The largest absolute Gasteiger partial charge is 0.459 e. The van der Waals surface area contributed by atoms with Crippen LogP contribution < -0.4 is 16.2 Å². The summed E-state index contributed by atoms with van der Waals surface area (Å²) in [6.45, 7) is 0. The molecule has 0 saturated heterocycles. The van der Waals surface area contributed by atoms with E-state index in [-0.39, 0.29) is 23.6 Å². The number of carbonyl (C=O) groups excluding carboxylic acids is 1.